The van der Waals surface area contributed by atoms with Crippen LogP contribution in [-0.2, 0) is 4.74 Å². The average molecular weight is 337 g/mol. The van der Waals surface area contributed by atoms with E-state index < -0.39 is 5.60 Å². The second-order valence-electron chi connectivity index (χ2n) is 7.98. The van der Waals surface area contributed by atoms with E-state index in [4.69, 9.17) is 4.74 Å². The molecule has 0 bridgehead atoms. The number of likely N-dealkylation sites (tertiary alicyclic amines) is 1. The molecule has 2 rings (SSSR count). The van der Waals surface area contributed by atoms with E-state index in [1.54, 1.807) is 11.8 Å². The second-order valence-corrected chi connectivity index (χ2v) is 9.82. The lowest BCUT2D eigenvalue weighted by Gasteiger charge is -2.28. The van der Waals surface area contributed by atoms with Crippen molar-refractivity contribution in [2.75, 3.05) is 6.54 Å². The van der Waals surface area contributed by atoms with Gasteiger partial charge in [0.05, 0.1) is 11.1 Å². The van der Waals surface area contributed by atoms with Crippen molar-refractivity contribution >= 4 is 17.9 Å². The Kier molecular flexibility index (Phi) is 5.29. The van der Waals surface area contributed by atoms with Gasteiger partial charge >= 0.3 is 6.09 Å². The highest BCUT2D eigenvalue weighted by atomic mass is 32.2. The van der Waals surface area contributed by atoms with Crippen LogP contribution in [0.2, 0.25) is 0 Å². The third-order valence-corrected chi connectivity index (χ3v) is 4.50. The van der Waals surface area contributed by atoms with Crippen LogP contribution in [0.5, 0.6) is 0 Å². The molecule has 128 valence electrons. The fourth-order valence-corrected chi connectivity index (χ4v) is 3.48. The van der Waals surface area contributed by atoms with E-state index in [0.29, 0.717) is 0 Å². The van der Waals surface area contributed by atoms with Gasteiger partial charge in [0.25, 0.3) is 0 Å². The van der Waals surface area contributed by atoms with Crippen molar-refractivity contribution in [3.8, 4) is 0 Å². The highest BCUT2D eigenvalue weighted by Gasteiger charge is 2.33. The Bertz CT molecular complexity index is 544. The van der Waals surface area contributed by atoms with Crippen LogP contribution in [0.25, 0.3) is 0 Å². The number of amides is 1. The minimum atomic E-state index is -0.463. The summed E-state index contributed by atoms with van der Waals surface area (Å²) in [4.78, 5) is 18.8. The summed E-state index contributed by atoms with van der Waals surface area (Å²) >= 11 is 1.75. The SMILES string of the molecule is CC(C)(C)OC(=O)N1CCCC1c1ccc(SC(C)(C)C)nc1. The number of rotatable bonds is 2. The molecule has 1 amide bonds. The van der Waals surface area contributed by atoms with Crippen LogP contribution in [0.15, 0.2) is 23.4 Å². The summed E-state index contributed by atoms with van der Waals surface area (Å²) in [5.74, 6) is 0. The number of thioether (sulfide) groups is 1. The molecule has 0 saturated carbocycles. The molecule has 1 aromatic rings. The van der Waals surface area contributed by atoms with Gasteiger partial charge in [-0.1, -0.05) is 26.8 Å². The molecule has 1 aromatic heterocycles. The molecule has 1 atom stereocenters. The first-order chi connectivity index (χ1) is 10.6. The van der Waals surface area contributed by atoms with Crippen LogP contribution in [0.1, 0.15) is 66.0 Å². The summed E-state index contributed by atoms with van der Waals surface area (Å²) in [6.07, 6.45) is 3.64. The van der Waals surface area contributed by atoms with Crippen LogP contribution < -0.4 is 0 Å². The van der Waals surface area contributed by atoms with E-state index in [1.807, 2.05) is 31.9 Å². The number of hydrogen-bond acceptors (Lipinski definition) is 4. The van der Waals surface area contributed by atoms with Gasteiger partial charge in [0.1, 0.15) is 5.60 Å². The average Bonchev–Trinajstić information content (AvgIpc) is 2.85. The molecule has 0 spiro atoms. The van der Waals surface area contributed by atoms with Crippen molar-refractivity contribution in [2.45, 2.75) is 75.8 Å². The molecule has 1 saturated heterocycles. The Hall–Kier alpha value is -1.23. The molecular formula is C18H28N2O2S. The maximum atomic E-state index is 12.4. The number of nitrogens with zero attached hydrogens (tertiary/aromatic N) is 2. The lowest BCUT2D eigenvalue weighted by molar-refractivity contribution is 0.0224. The number of pyridine rings is 1. The summed E-state index contributed by atoms with van der Waals surface area (Å²) in [6, 6.07) is 4.22. The van der Waals surface area contributed by atoms with Gasteiger partial charge < -0.3 is 9.64 Å². The zero-order chi connectivity index (χ0) is 17.3. The van der Waals surface area contributed by atoms with Gasteiger partial charge in [-0.15, -0.1) is 11.8 Å². The molecule has 1 aliphatic rings. The van der Waals surface area contributed by atoms with E-state index in [9.17, 15) is 4.79 Å². The first kappa shape index (κ1) is 18.1. The Labute approximate surface area is 144 Å². The normalized spacial score (nSPS) is 19.0. The lowest BCUT2D eigenvalue weighted by Crippen LogP contribution is -2.36. The molecule has 0 aliphatic carbocycles. The highest BCUT2D eigenvalue weighted by Crippen LogP contribution is 2.35. The Balaban J connectivity index is 2.09. The predicted octanol–water partition coefficient (Wildman–Crippen LogP) is 5.04. The lowest BCUT2D eigenvalue weighted by atomic mass is 10.1. The van der Waals surface area contributed by atoms with Crippen molar-refractivity contribution in [3.05, 3.63) is 23.9 Å². The standard InChI is InChI=1S/C18H28N2O2S/c1-17(2,3)22-16(21)20-11-7-8-14(20)13-9-10-15(19-12-13)23-18(4,5)6/h9-10,12,14H,7-8,11H2,1-6H3. The molecule has 0 aromatic carbocycles. The van der Waals surface area contributed by atoms with Gasteiger partial charge in [0.15, 0.2) is 0 Å². The number of carbonyl (C=O) groups excluding carboxylic acids is 1. The van der Waals surface area contributed by atoms with Gasteiger partial charge in [-0.3, -0.25) is 0 Å². The van der Waals surface area contributed by atoms with Crippen molar-refractivity contribution in [1.82, 2.24) is 9.88 Å². The van der Waals surface area contributed by atoms with E-state index >= 15 is 0 Å². The summed E-state index contributed by atoms with van der Waals surface area (Å²) < 4.78 is 5.67. The molecule has 1 aliphatic heterocycles. The molecule has 1 unspecified atom stereocenters. The van der Waals surface area contributed by atoms with Crippen LogP contribution in [-0.4, -0.2) is 32.9 Å². The van der Waals surface area contributed by atoms with Crippen molar-refractivity contribution in [1.29, 1.82) is 0 Å². The minimum Gasteiger partial charge on any atom is -0.444 e. The molecule has 4 nitrogen and oxygen atoms in total. The molecule has 23 heavy (non-hydrogen) atoms. The Morgan fingerprint density at radius 2 is 1.96 bits per heavy atom. The monoisotopic (exact) mass is 336 g/mol. The largest absolute Gasteiger partial charge is 0.444 e. The minimum absolute atomic E-state index is 0.0750. The number of hydrogen-bond donors (Lipinski definition) is 0. The second kappa shape index (κ2) is 6.71. The van der Waals surface area contributed by atoms with Crippen LogP contribution in [0, 0.1) is 0 Å². The Morgan fingerprint density at radius 1 is 1.26 bits per heavy atom. The van der Waals surface area contributed by atoms with Gasteiger partial charge in [-0.25, -0.2) is 9.78 Å². The fraction of sp³-hybridized carbons (Fsp3) is 0.667. The zero-order valence-corrected chi connectivity index (χ0v) is 15.9. The van der Waals surface area contributed by atoms with Crippen molar-refractivity contribution < 1.29 is 9.53 Å². The van der Waals surface area contributed by atoms with Crippen LogP contribution in [0.4, 0.5) is 4.79 Å². The maximum absolute atomic E-state index is 12.4. The highest BCUT2D eigenvalue weighted by molar-refractivity contribution is 8.00. The fourth-order valence-electron chi connectivity index (χ4n) is 2.62. The topological polar surface area (TPSA) is 42.4 Å². The van der Waals surface area contributed by atoms with Crippen LogP contribution >= 0.6 is 11.8 Å². The van der Waals surface area contributed by atoms with E-state index in [-0.39, 0.29) is 16.9 Å². The number of carbonyl (C=O) groups is 1. The van der Waals surface area contributed by atoms with Crippen molar-refractivity contribution in [3.63, 3.8) is 0 Å². The summed E-state index contributed by atoms with van der Waals surface area (Å²) in [5.41, 5.74) is 0.627. The first-order valence-corrected chi connectivity index (χ1v) is 9.01. The predicted molar refractivity (Wildman–Crippen MR) is 94.8 cm³/mol. The van der Waals surface area contributed by atoms with Crippen molar-refractivity contribution in [2.24, 2.45) is 0 Å². The smallest absolute Gasteiger partial charge is 0.410 e. The first-order valence-electron chi connectivity index (χ1n) is 8.20. The molecular weight excluding hydrogens is 308 g/mol. The molecule has 0 N–H and O–H groups in total. The third-order valence-electron chi connectivity index (χ3n) is 3.44. The molecule has 2 heterocycles. The molecule has 1 fully saturated rings. The summed E-state index contributed by atoms with van der Waals surface area (Å²) in [7, 11) is 0. The maximum Gasteiger partial charge on any atom is 0.410 e. The van der Waals surface area contributed by atoms with E-state index in [2.05, 4.69) is 37.9 Å². The van der Waals surface area contributed by atoms with E-state index in [0.717, 1.165) is 30.0 Å². The summed E-state index contributed by atoms with van der Waals surface area (Å²) in [5, 5.41) is 1.02. The molecule has 0 radical (unpaired) electrons. The quantitative estimate of drug-likeness (QED) is 0.709. The molecule has 5 heteroatoms. The third kappa shape index (κ3) is 5.41. The summed E-state index contributed by atoms with van der Waals surface area (Å²) in [6.45, 7) is 13.0. The number of aromatic nitrogens is 1. The van der Waals surface area contributed by atoms with Crippen LogP contribution in [0.3, 0.4) is 0 Å². The van der Waals surface area contributed by atoms with Gasteiger partial charge in [-0.2, -0.15) is 0 Å². The van der Waals surface area contributed by atoms with Gasteiger partial charge in [0.2, 0.25) is 0 Å². The zero-order valence-electron chi connectivity index (χ0n) is 15.0. The Morgan fingerprint density at radius 3 is 2.48 bits per heavy atom. The number of ether oxygens (including phenoxy) is 1. The van der Waals surface area contributed by atoms with Gasteiger partial charge in [-0.05, 0) is 45.2 Å². The van der Waals surface area contributed by atoms with E-state index in [1.165, 1.54) is 0 Å². The van der Waals surface area contributed by atoms with Gasteiger partial charge in [0, 0.05) is 17.5 Å².